The van der Waals surface area contributed by atoms with Gasteiger partial charge in [-0.25, -0.2) is 0 Å². The van der Waals surface area contributed by atoms with Gasteiger partial charge in [-0.2, -0.15) is 13.2 Å². The molecule has 4 N–H and O–H groups in total. The summed E-state index contributed by atoms with van der Waals surface area (Å²) in [5.41, 5.74) is 5.37. The first kappa shape index (κ1) is 28.8. The third kappa shape index (κ3) is 8.63. The zero-order valence-electron chi connectivity index (χ0n) is 20.1. The minimum Gasteiger partial charge on any atom is -0.481 e. The Morgan fingerprint density at radius 2 is 1.77 bits per heavy atom. The van der Waals surface area contributed by atoms with Gasteiger partial charge in [0.05, 0.1) is 11.1 Å². The molecule has 0 aliphatic heterocycles. The molecule has 1 aliphatic carbocycles. The monoisotopic (exact) mass is 513 g/mol. The second-order valence-electron chi connectivity index (χ2n) is 8.89. The first-order valence-electron chi connectivity index (χ1n) is 11.6. The van der Waals surface area contributed by atoms with Crippen molar-refractivity contribution in [1.82, 2.24) is 10.2 Å². The van der Waals surface area contributed by atoms with Crippen molar-refractivity contribution in [2.45, 2.75) is 69.2 Å². The van der Waals surface area contributed by atoms with Crippen molar-refractivity contribution in [3.8, 4) is 0 Å². The van der Waals surface area contributed by atoms with Gasteiger partial charge in [0, 0.05) is 30.3 Å². The van der Waals surface area contributed by atoms with E-state index in [1.165, 1.54) is 17.0 Å². The zero-order chi connectivity index (χ0) is 26.1. The number of nitrogens with zero attached hydrogens (tertiary/aromatic N) is 1. The number of halogens is 3. The van der Waals surface area contributed by atoms with E-state index in [1.54, 1.807) is 11.3 Å². The fraction of sp³-hybridized carbons (Fsp3) is 0.520. The third-order valence-electron chi connectivity index (χ3n) is 6.33. The lowest BCUT2D eigenvalue weighted by Gasteiger charge is -2.44. The van der Waals surface area contributed by atoms with Gasteiger partial charge in [-0.3, -0.25) is 14.5 Å². The molecule has 6 nitrogen and oxygen atoms in total. The number of amides is 1. The van der Waals surface area contributed by atoms with Gasteiger partial charge in [0.25, 0.3) is 0 Å². The number of aliphatic carboxylic acids is 1. The van der Waals surface area contributed by atoms with Crippen molar-refractivity contribution in [3.05, 3.63) is 57.8 Å². The van der Waals surface area contributed by atoms with E-state index in [1.807, 2.05) is 0 Å². The number of hydrogen-bond donors (Lipinski definition) is 3. The Labute approximate surface area is 208 Å². The summed E-state index contributed by atoms with van der Waals surface area (Å²) in [5.74, 6) is -0.869. The maximum absolute atomic E-state index is 12.0. The molecule has 0 saturated heterocycles. The van der Waals surface area contributed by atoms with E-state index in [9.17, 15) is 22.8 Å². The van der Waals surface area contributed by atoms with E-state index in [-0.39, 0.29) is 30.5 Å². The Hall–Kier alpha value is -2.43. The van der Waals surface area contributed by atoms with Crippen LogP contribution in [0, 0.1) is 0 Å². The van der Waals surface area contributed by atoms with Crippen molar-refractivity contribution in [1.29, 1.82) is 0 Å². The molecule has 1 aromatic carbocycles. The molecule has 1 heterocycles. The summed E-state index contributed by atoms with van der Waals surface area (Å²) in [6.07, 6.45) is 0.479. The quantitative estimate of drug-likeness (QED) is 0.463. The summed E-state index contributed by atoms with van der Waals surface area (Å²) in [6, 6.07) is 9.33. The highest BCUT2D eigenvalue weighted by Crippen LogP contribution is 2.43. The summed E-state index contributed by atoms with van der Waals surface area (Å²) in [5, 5.41) is 13.8. The highest BCUT2D eigenvalue weighted by molar-refractivity contribution is 7.10. The van der Waals surface area contributed by atoms with Gasteiger partial charge in [0.1, 0.15) is 0 Å². The molecule has 0 spiro atoms. The lowest BCUT2D eigenvalue weighted by atomic mass is 9.77. The molecule has 10 heteroatoms. The molecular formula is C25H34F3N3O3S. The predicted octanol–water partition coefficient (Wildman–Crippen LogP) is 4.98. The molecule has 0 unspecified atom stereocenters. The molecule has 2 aromatic rings. The van der Waals surface area contributed by atoms with Gasteiger partial charge in [-0.1, -0.05) is 18.2 Å². The number of alkyl halides is 3. The van der Waals surface area contributed by atoms with Gasteiger partial charge < -0.3 is 16.2 Å². The molecule has 0 bridgehead atoms. The van der Waals surface area contributed by atoms with Crippen molar-refractivity contribution in [2.75, 3.05) is 14.1 Å². The average molecular weight is 514 g/mol. The van der Waals surface area contributed by atoms with Crippen molar-refractivity contribution < 1.29 is 27.9 Å². The first-order valence-corrected chi connectivity index (χ1v) is 12.4. The van der Waals surface area contributed by atoms with Crippen LogP contribution in [0.5, 0.6) is 0 Å². The van der Waals surface area contributed by atoms with Crippen LogP contribution >= 0.6 is 11.3 Å². The van der Waals surface area contributed by atoms with Gasteiger partial charge in [0.2, 0.25) is 5.91 Å². The standard InChI is InChI=1S/C17H26N2O3S.C8H8F3N/c1-19(2)17(14-5-4-12-23-14)10-8-13(9-11-17)18-15(20)6-3-7-16(21)22;9-8(10,11)7-3-1-6(5-12)2-4-7/h4-5,12-13H,3,6-11H2,1-2H3,(H,18,20)(H,21,22);1-4H,5,12H2. The van der Waals surface area contributed by atoms with Gasteiger partial charge in [0.15, 0.2) is 0 Å². The van der Waals surface area contributed by atoms with E-state index < -0.39 is 17.7 Å². The van der Waals surface area contributed by atoms with Crippen LogP contribution in [-0.4, -0.2) is 42.0 Å². The number of rotatable bonds is 8. The van der Waals surface area contributed by atoms with E-state index in [0.717, 1.165) is 37.8 Å². The minimum absolute atomic E-state index is 0.0234. The van der Waals surface area contributed by atoms with E-state index >= 15 is 0 Å². The second kappa shape index (κ2) is 13.0. The summed E-state index contributed by atoms with van der Waals surface area (Å²) in [6.45, 7) is 0.262. The average Bonchev–Trinajstić information content (AvgIpc) is 3.35. The number of nitrogens with two attached hydrogens (primary N) is 1. The maximum atomic E-state index is 12.0. The van der Waals surface area contributed by atoms with Crippen LogP contribution in [0.3, 0.4) is 0 Å². The summed E-state index contributed by atoms with van der Waals surface area (Å²) >= 11 is 1.80. The van der Waals surface area contributed by atoms with Crippen LogP contribution in [0.4, 0.5) is 13.2 Å². The molecule has 0 radical (unpaired) electrons. The van der Waals surface area contributed by atoms with Crippen molar-refractivity contribution >= 4 is 23.2 Å². The Kier molecular flexibility index (Phi) is 10.7. The van der Waals surface area contributed by atoms with Crippen LogP contribution in [0.15, 0.2) is 41.8 Å². The number of hydrogen-bond acceptors (Lipinski definition) is 5. The summed E-state index contributed by atoms with van der Waals surface area (Å²) in [7, 11) is 4.26. The van der Waals surface area contributed by atoms with Crippen molar-refractivity contribution in [2.24, 2.45) is 5.73 Å². The number of carboxylic acid groups (broad SMARTS) is 1. The number of carbonyl (C=O) groups is 2. The lowest BCUT2D eigenvalue weighted by Crippen LogP contribution is -2.48. The number of carbonyl (C=O) groups excluding carboxylic acids is 1. The normalized spacial score (nSPS) is 20.1. The second-order valence-corrected chi connectivity index (χ2v) is 9.84. The highest BCUT2D eigenvalue weighted by atomic mass is 32.1. The minimum atomic E-state index is -4.26. The topological polar surface area (TPSA) is 95.7 Å². The van der Waals surface area contributed by atoms with Gasteiger partial charge in [-0.15, -0.1) is 11.3 Å². The zero-order valence-corrected chi connectivity index (χ0v) is 20.9. The van der Waals surface area contributed by atoms with Crippen LogP contribution in [0.2, 0.25) is 0 Å². The molecule has 1 aliphatic rings. The molecule has 1 fully saturated rings. The molecule has 1 amide bonds. The van der Waals surface area contributed by atoms with Gasteiger partial charge >= 0.3 is 12.1 Å². The number of thiophene rings is 1. The predicted molar refractivity (Wildman–Crippen MR) is 131 cm³/mol. The van der Waals surface area contributed by atoms with E-state index in [2.05, 4.69) is 41.8 Å². The number of nitrogens with one attached hydrogen (secondary N) is 1. The number of carboxylic acids is 1. The fourth-order valence-corrected chi connectivity index (χ4v) is 5.29. The molecule has 35 heavy (non-hydrogen) atoms. The Morgan fingerprint density at radius 1 is 1.14 bits per heavy atom. The SMILES string of the molecule is CN(C)C1(c2cccs2)CCC(NC(=O)CCCC(=O)O)CC1.NCc1ccc(C(F)(F)F)cc1. The van der Waals surface area contributed by atoms with Crippen LogP contribution in [0.25, 0.3) is 0 Å². The van der Waals surface area contributed by atoms with Crippen LogP contribution in [-0.2, 0) is 27.8 Å². The van der Waals surface area contributed by atoms with E-state index in [0.29, 0.717) is 18.4 Å². The molecule has 194 valence electrons. The van der Waals surface area contributed by atoms with E-state index in [4.69, 9.17) is 10.8 Å². The number of benzene rings is 1. The van der Waals surface area contributed by atoms with Crippen LogP contribution in [0.1, 0.15) is 60.9 Å². The molecule has 3 rings (SSSR count). The Morgan fingerprint density at radius 3 is 2.23 bits per heavy atom. The largest absolute Gasteiger partial charge is 0.481 e. The highest BCUT2D eigenvalue weighted by Gasteiger charge is 2.39. The fourth-order valence-electron chi connectivity index (χ4n) is 4.23. The summed E-state index contributed by atoms with van der Waals surface area (Å²) in [4.78, 5) is 26.1. The smallest absolute Gasteiger partial charge is 0.416 e. The lowest BCUT2D eigenvalue weighted by molar-refractivity contribution is -0.138. The maximum Gasteiger partial charge on any atom is 0.416 e. The molecular weight excluding hydrogens is 479 g/mol. The Bertz CT molecular complexity index is 924. The Balaban J connectivity index is 0.000000303. The molecule has 1 aromatic heterocycles. The first-order chi connectivity index (χ1) is 16.5. The third-order valence-corrected chi connectivity index (χ3v) is 7.39. The molecule has 0 atom stereocenters. The molecule has 1 saturated carbocycles. The van der Waals surface area contributed by atoms with Crippen molar-refractivity contribution in [3.63, 3.8) is 0 Å². The summed E-state index contributed by atoms with van der Waals surface area (Å²) < 4.78 is 36.0. The van der Waals surface area contributed by atoms with Crippen LogP contribution < -0.4 is 11.1 Å². The van der Waals surface area contributed by atoms with Gasteiger partial charge in [-0.05, 0) is 75.3 Å².